The Balaban J connectivity index is 4.60. The quantitative estimate of drug-likeness (QED) is 0.317. The van der Waals surface area contributed by atoms with Crippen LogP contribution in [0.1, 0.15) is 0 Å². The Labute approximate surface area is 77.0 Å². The third-order valence-electron chi connectivity index (χ3n) is 1.57. The highest BCUT2D eigenvalue weighted by Gasteiger charge is 2.49. The fourth-order valence-electron chi connectivity index (χ4n) is 0.661. The first kappa shape index (κ1) is 13.3. The fraction of sp³-hybridized carbons (Fsp3) is 0.833. The van der Waals surface area contributed by atoms with Crippen molar-refractivity contribution in [3.63, 3.8) is 0 Å². The number of aliphatic hydroxyl groups is 5. The first-order valence-corrected chi connectivity index (χ1v) is 3.51. The van der Waals surface area contributed by atoms with Crippen molar-refractivity contribution >= 4 is 6.04 Å². The summed E-state index contributed by atoms with van der Waals surface area (Å²) in [5.74, 6) is -4.31. The predicted molar refractivity (Wildman–Crippen MR) is 37.3 cm³/mol. The molecule has 0 fully saturated rings. The summed E-state index contributed by atoms with van der Waals surface area (Å²) in [6.45, 7) is -1.06. The van der Waals surface area contributed by atoms with Crippen LogP contribution < -0.4 is 0 Å². The van der Waals surface area contributed by atoms with Gasteiger partial charge in [-0.2, -0.15) is 8.78 Å². The van der Waals surface area contributed by atoms with Gasteiger partial charge in [-0.15, -0.1) is 0 Å². The van der Waals surface area contributed by atoms with E-state index in [1.807, 2.05) is 0 Å². The largest absolute Gasteiger partial charge is 0.394 e. The van der Waals surface area contributed by atoms with Gasteiger partial charge >= 0.3 is 11.9 Å². The highest BCUT2D eigenvalue weighted by molar-refractivity contribution is 5.76. The highest BCUT2D eigenvalue weighted by Crippen LogP contribution is 2.19. The summed E-state index contributed by atoms with van der Waals surface area (Å²) in [6, 6.07) is -2.91. The summed E-state index contributed by atoms with van der Waals surface area (Å²) in [6.07, 6.45) is -7.29. The number of hydrogen-bond donors (Lipinski definition) is 5. The van der Waals surface area contributed by atoms with Crippen LogP contribution in [0.15, 0.2) is 0 Å². The molecule has 0 amide bonds. The molecule has 0 rings (SSSR count). The van der Waals surface area contributed by atoms with Gasteiger partial charge in [-0.3, -0.25) is 4.79 Å². The second-order valence-electron chi connectivity index (χ2n) is 2.63. The van der Waals surface area contributed by atoms with E-state index in [0.717, 1.165) is 0 Å². The number of rotatable bonds is 5. The molecule has 0 aliphatic heterocycles. The average molecular weight is 216 g/mol. The zero-order valence-electron chi connectivity index (χ0n) is 6.84. The molecule has 4 atom stereocenters. The van der Waals surface area contributed by atoms with Crippen molar-refractivity contribution in [2.75, 3.05) is 6.61 Å². The molecule has 84 valence electrons. The normalized spacial score (nSPS) is 22.2. The van der Waals surface area contributed by atoms with Crippen molar-refractivity contribution < 1.29 is 39.1 Å². The topological polar surface area (TPSA) is 118 Å². The maximum absolute atomic E-state index is 12.6. The lowest BCUT2D eigenvalue weighted by molar-refractivity contribution is -0.222. The van der Waals surface area contributed by atoms with Gasteiger partial charge in [-0.05, 0) is 0 Å². The second-order valence-corrected chi connectivity index (χ2v) is 2.63. The minimum atomic E-state index is -4.31. The Morgan fingerprint density at radius 1 is 1.36 bits per heavy atom. The fourth-order valence-corrected chi connectivity index (χ4v) is 0.661. The van der Waals surface area contributed by atoms with Crippen LogP contribution in [-0.2, 0) is 4.79 Å². The molecule has 0 bridgehead atoms. The number of carbonyl (C=O) groups is 1. The van der Waals surface area contributed by atoms with Gasteiger partial charge in [-0.25, -0.2) is 0 Å². The standard InChI is InChI=1S/C6H10F2O6/c7-5(13)6(8,14)4(12)3(11)2(10)1-9/h2-4,9-12,14H,1H2/t2-,3-,4+,6+/m1/s1. The van der Waals surface area contributed by atoms with Gasteiger partial charge < -0.3 is 25.5 Å². The summed E-state index contributed by atoms with van der Waals surface area (Å²) in [5, 5.41) is 42.8. The molecule has 6 nitrogen and oxygen atoms in total. The van der Waals surface area contributed by atoms with Gasteiger partial charge in [0.1, 0.15) is 12.2 Å². The minimum absolute atomic E-state index is 1.06. The van der Waals surface area contributed by atoms with E-state index >= 15 is 0 Å². The molecule has 0 heterocycles. The lowest BCUT2D eigenvalue weighted by atomic mass is 10.0. The van der Waals surface area contributed by atoms with Crippen molar-refractivity contribution in [1.29, 1.82) is 0 Å². The first-order valence-electron chi connectivity index (χ1n) is 3.51. The van der Waals surface area contributed by atoms with Crippen LogP contribution in [0.4, 0.5) is 8.78 Å². The molecule has 5 N–H and O–H groups in total. The monoisotopic (exact) mass is 216 g/mol. The molecule has 0 spiro atoms. The summed E-state index contributed by atoms with van der Waals surface area (Å²) in [7, 11) is 0. The van der Waals surface area contributed by atoms with E-state index < -0.39 is 36.8 Å². The number of alkyl halides is 1. The van der Waals surface area contributed by atoms with Crippen molar-refractivity contribution in [3.8, 4) is 0 Å². The van der Waals surface area contributed by atoms with E-state index in [4.69, 9.17) is 25.5 Å². The Morgan fingerprint density at radius 2 is 1.79 bits per heavy atom. The molecule has 0 aromatic carbocycles. The molecule has 0 aromatic rings. The van der Waals surface area contributed by atoms with Gasteiger partial charge in [0.25, 0.3) is 0 Å². The molecule has 8 heteroatoms. The second kappa shape index (κ2) is 4.71. The van der Waals surface area contributed by atoms with E-state index in [0.29, 0.717) is 0 Å². The van der Waals surface area contributed by atoms with Gasteiger partial charge in [-0.1, -0.05) is 0 Å². The molecule has 0 saturated carbocycles. The number of aliphatic hydroxyl groups excluding tert-OH is 4. The molecule has 0 unspecified atom stereocenters. The van der Waals surface area contributed by atoms with Crippen molar-refractivity contribution in [1.82, 2.24) is 0 Å². The van der Waals surface area contributed by atoms with E-state index in [9.17, 15) is 13.6 Å². The van der Waals surface area contributed by atoms with Crippen LogP contribution in [0.25, 0.3) is 0 Å². The molecule has 0 radical (unpaired) electrons. The average Bonchev–Trinajstić information content (AvgIpc) is 2.13. The van der Waals surface area contributed by atoms with Gasteiger partial charge in [0.05, 0.1) is 6.61 Å². The molecular weight excluding hydrogens is 206 g/mol. The Morgan fingerprint density at radius 3 is 2.07 bits per heavy atom. The van der Waals surface area contributed by atoms with Crippen LogP contribution in [0.2, 0.25) is 0 Å². The third kappa shape index (κ3) is 2.66. The van der Waals surface area contributed by atoms with Crippen molar-refractivity contribution in [2.45, 2.75) is 24.2 Å². The SMILES string of the molecule is O=C(F)[C@](O)(F)[C@@H](O)[C@H](O)[C@H](O)CO. The molecular formula is C6H10F2O6. The zero-order valence-corrected chi connectivity index (χ0v) is 6.84. The molecule has 0 aliphatic rings. The Bertz CT molecular complexity index is 208. The molecule has 0 aromatic heterocycles. The maximum atomic E-state index is 12.6. The van der Waals surface area contributed by atoms with E-state index in [1.165, 1.54) is 0 Å². The van der Waals surface area contributed by atoms with Gasteiger partial charge in [0.2, 0.25) is 0 Å². The lowest BCUT2D eigenvalue weighted by Gasteiger charge is -2.26. The Kier molecular flexibility index (Phi) is 4.49. The van der Waals surface area contributed by atoms with Crippen molar-refractivity contribution in [3.05, 3.63) is 0 Å². The maximum Gasteiger partial charge on any atom is 0.368 e. The third-order valence-corrected chi connectivity index (χ3v) is 1.57. The highest BCUT2D eigenvalue weighted by atomic mass is 19.2. The minimum Gasteiger partial charge on any atom is -0.394 e. The smallest absolute Gasteiger partial charge is 0.368 e. The molecule has 0 saturated heterocycles. The van der Waals surface area contributed by atoms with Crippen LogP contribution in [0.5, 0.6) is 0 Å². The van der Waals surface area contributed by atoms with Crippen LogP contribution in [0, 0.1) is 0 Å². The van der Waals surface area contributed by atoms with E-state index in [1.54, 1.807) is 0 Å². The molecule has 14 heavy (non-hydrogen) atoms. The Hall–Kier alpha value is -0.670. The predicted octanol–water partition coefficient (Wildman–Crippen LogP) is -2.78. The zero-order chi connectivity index (χ0) is 11.5. The van der Waals surface area contributed by atoms with E-state index in [2.05, 4.69) is 0 Å². The first-order chi connectivity index (χ1) is 6.25. The summed E-state index contributed by atoms with van der Waals surface area (Å²) in [5.41, 5.74) is 0. The molecule has 0 aliphatic carbocycles. The van der Waals surface area contributed by atoms with E-state index in [-0.39, 0.29) is 0 Å². The lowest BCUT2D eigenvalue weighted by Crippen LogP contribution is -2.54. The van der Waals surface area contributed by atoms with Crippen LogP contribution in [-0.4, -0.2) is 62.3 Å². The van der Waals surface area contributed by atoms with Crippen LogP contribution >= 0.6 is 0 Å². The van der Waals surface area contributed by atoms with Crippen LogP contribution in [0.3, 0.4) is 0 Å². The van der Waals surface area contributed by atoms with Gasteiger partial charge in [0, 0.05) is 0 Å². The summed E-state index contributed by atoms with van der Waals surface area (Å²) < 4.78 is 24.4. The van der Waals surface area contributed by atoms with Crippen molar-refractivity contribution in [2.24, 2.45) is 0 Å². The summed E-state index contributed by atoms with van der Waals surface area (Å²) >= 11 is 0. The number of halogens is 2. The van der Waals surface area contributed by atoms with Gasteiger partial charge in [0.15, 0.2) is 6.10 Å². The number of hydrogen-bond acceptors (Lipinski definition) is 6. The number of carbonyl (C=O) groups excluding carboxylic acids is 1. The summed E-state index contributed by atoms with van der Waals surface area (Å²) in [4.78, 5) is 9.82.